The first-order valence-electron chi connectivity index (χ1n) is 33.0. The number of rotatable bonds is 39. The van der Waals surface area contributed by atoms with Gasteiger partial charge in [0.25, 0.3) is 0 Å². The fourth-order valence-electron chi connectivity index (χ4n) is 12.6. The Kier molecular flexibility index (Phi) is 31.3. The van der Waals surface area contributed by atoms with Crippen LogP contribution in [0.5, 0.6) is 0 Å². The number of hydrogen-bond donors (Lipinski definition) is 7. The van der Waals surface area contributed by atoms with Crippen LogP contribution in [0.25, 0.3) is 0 Å². The highest BCUT2D eigenvalue weighted by Gasteiger charge is 2.43. The van der Waals surface area contributed by atoms with Crippen molar-refractivity contribution in [2.24, 2.45) is 29.4 Å². The van der Waals surface area contributed by atoms with E-state index in [2.05, 4.69) is 36.9 Å². The molecular weight excluding hydrogens is 1210 g/mol. The molecule has 514 valence electrons. The van der Waals surface area contributed by atoms with Gasteiger partial charge in [0.2, 0.25) is 53.2 Å². The molecule has 93 heavy (non-hydrogen) atoms. The number of urea groups is 1. The van der Waals surface area contributed by atoms with Crippen molar-refractivity contribution in [3.05, 3.63) is 82.3 Å². The first-order valence-corrected chi connectivity index (χ1v) is 33.9. The Balaban J connectivity index is 1.13. The van der Waals surface area contributed by atoms with E-state index in [0.29, 0.717) is 83.1 Å². The molecule has 0 aliphatic carbocycles. The molecule has 3 aromatic rings. The molecule has 2 aliphatic rings. The summed E-state index contributed by atoms with van der Waals surface area (Å²) in [4.78, 5) is 144. The lowest BCUT2D eigenvalue weighted by atomic mass is 9.90. The van der Waals surface area contributed by atoms with Gasteiger partial charge in [-0.25, -0.2) is 9.78 Å². The van der Waals surface area contributed by atoms with Crippen LogP contribution < -0.4 is 37.6 Å². The zero-order chi connectivity index (χ0) is 68.5. The van der Waals surface area contributed by atoms with Crippen LogP contribution >= 0.6 is 11.3 Å². The van der Waals surface area contributed by atoms with Gasteiger partial charge in [0.05, 0.1) is 48.7 Å². The van der Waals surface area contributed by atoms with E-state index >= 15 is 0 Å². The van der Waals surface area contributed by atoms with E-state index in [-0.39, 0.29) is 103 Å². The number of imide groups is 1. The zero-order valence-corrected chi connectivity index (χ0v) is 57.5. The Morgan fingerprint density at radius 2 is 1.51 bits per heavy atom. The number of primary amides is 1. The van der Waals surface area contributed by atoms with E-state index in [1.165, 1.54) is 23.2 Å². The number of likely N-dealkylation sites (N-methyl/N-ethyl adjacent to an activating group) is 2. The van der Waals surface area contributed by atoms with Crippen LogP contribution in [-0.4, -0.2) is 187 Å². The number of nitrogens with zero attached hydrogens (tertiary/aromatic N) is 5. The molecule has 0 bridgehead atoms. The fraction of sp³-hybridized carbons (Fsp3) is 0.632. The molecule has 1 unspecified atom stereocenters. The smallest absolute Gasteiger partial charge is 0.312 e. The molecule has 2 aliphatic heterocycles. The van der Waals surface area contributed by atoms with Gasteiger partial charge >= 0.3 is 6.03 Å². The van der Waals surface area contributed by atoms with Crippen molar-refractivity contribution in [1.29, 1.82) is 0 Å². The number of carbonyl (C=O) groups is 10. The highest BCUT2D eigenvalue weighted by Crippen LogP contribution is 2.31. The average molecular weight is 1310 g/mol. The minimum Gasteiger partial charge on any atom is -0.379 e. The van der Waals surface area contributed by atoms with Crippen LogP contribution in [0, 0.1) is 23.7 Å². The number of anilines is 1. The van der Waals surface area contributed by atoms with Gasteiger partial charge in [0.15, 0.2) is 0 Å². The Labute approximate surface area is 553 Å². The van der Waals surface area contributed by atoms with Crippen molar-refractivity contribution in [3.8, 4) is 0 Å². The first kappa shape index (κ1) is 76.4. The molecule has 11 amide bonds. The summed E-state index contributed by atoms with van der Waals surface area (Å²) in [6.45, 7) is 16.2. The molecule has 24 nitrogen and oxygen atoms in total. The molecule has 3 heterocycles. The standard InChI is InChI=1S/C68H104N12O12S/c1-13-43(4)59(54(91-11)41-57(83)79-36-22-26-53(79)60(92-12)45(6)61(84)76-52(65-70-34-38-93-65)40-49-23-16-14-17-24-49)78(10)67(89)47(8)73-64(87)58(42(2)3)77(9)37-32-48-28-30-50(31-29-48)74-63(86)51(25-19-20-33-71-68(69)90)75-62(85)46(7)72-55(81)27-18-15-21-35-80-56(82)39-44(5)66(80)88/h14,16-17,23-24,28-31,34,38,42-47,51-54,58-60H,13,15,18-22,25-27,32-33,35-37,39-41H2,1-12H3,(H,72,81)(H,73,87)(H,74,86)(H,75,85)(H,76,84)(H3,69,71,90)/t43-,44?,45+,46-,47-,51-,52-,53-,54+,58-,59-,60+/m0/s1. The molecule has 0 saturated carbocycles. The van der Waals surface area contributed by atoms with E-state index in [1.54, 1.807) is 63.2 Å². The number of unbranched alkanes of at least 4 members (excludes halogenated alkanes) is 3. The van der Waals surface area contributed by atoms with E-state index in [0.717, 1.165) is 22.6 Å². The van der Waals surface area contributed by atoms with Gasteiger partial charge in [0.1, 0.15) is 23.1 Å². The number of nitrogens with one attached hydrogen (secondary N) is 6. The molecule has 0 radical (unpaired) electrons. The van der Waals surface area contributed by atoms with Gasteiger partial charge in [-0.1, -0.05) is 96.8 Å². The molecule has 2 fully saturated rings. The maximum atomic E-state index is 14.5. The number of nitrogens with two attached hydrogens (primary N) is 1. The monoisotopic (exact) mass is 1310 g/mol. The normalized spacial score (nSPS) is 18.1. The molecule has 25 heteroatoms. The molecule has 1 aromatic heterocycles. The zero-order valence-electron chi connectivity index (χ0n) is 56.7. The summed E-state index contributed by atoms with van der Waals surface area (Å²) in [6, 6.07) is 11.7. The second-order valence-corrected chi connectivity index (χ2v) is 26.4. The second kappa shape index (κ2) is 38.1. The number of hydrogen-bond acceptors (Lipinski definition) is 15. The summed E-state index contributed by atoms with van der Waals surface area (Å²) in [5, 5.41) is 19.8. The van der Waals surface area contributed by atoms with Gasteiger partial charge in [0, 0.05) is 83.5 Å². The van der Waals surface area contributed by atoms with Crippen molar-refractivity contribution in [3.63, 3.8) is 0 Å². The van der Waals surface area contributed by atoms with E-state index < -0.39 is 66.2 Å². The Morgan fingerprint density at radius 1 is 0.796 bits per heavy atom. The third-order valence-corrected chi connectivity index (χ3v) is 19.0. The molecular formula is C68H104N12O12S. The summed E-state index contributed by atoms with van der Waals surface area (Å²) >= 11 is 1.48. The molecule has 0 spiro atoms. The summed E-state index contributed by atoms with van der Waals surface area (Å²) in [7, 11) is 6.66. The Morgan fingerprint density at radius 3 is 2.12 bits per heavy atom. The number of methoxy groups -OCH3 is 2. The van der Waals surface area contributed by atoms with Crippen molar-refractivity contribution < 1.29 is 57.4 Å². The number of aromatic nitrogens is 1. The molecule has 8 N–H and O–H groups in total. The van der Waals surface area contributed by atoms with Crippen molar-refractivity contribution >= 4 is 76.2 Å². The number of ether oxygens (including phenoxy) is 2. The van der Waals surface area contributed by atoms with Crippen LogP contribution in [0.2, 0.25) is 0 Å². The molecule has 2 saturated heterocycles. The van der Waals surface area contributed by atoms with Crippen LogP contribution in [0.4, 0.5) is 10.5 Å². The second-order valence-electron chi connectivity index (χ2n) is 25.5. The van der Waals surface area contributed by atoms with Gasteiger partial charge in [-0.3, -0.25) is 53.0 Å². The molecule has 2 aromatic carbocycles. The van der Waals surface area contributed by atoms with Gasteiger partial charge in [-0.15, -0.1) is 11.3 Å². The third kappa shape index (κ3) is 23.0. The van der Waals surface area contributed by atoms with Gasteiger partial charge < -0.3 is 56.9 Å². The SMILES string of the molecule is CC[C@H](C)[C@@H]([C@@H](CC(=O)N1CCC[C@H]1[C@H](OC)[C@@H](C)C(=O)N[C@@H](Cc1ccccc1)c1nccs1)OC)N(C)C(=O)[C@H](C)NC(=O)[C@H](C(C)C)N(C)CCc1ccc(NC(=O)[C@H](CCCCNC(N)=O)NC(=O)[C@H](C)NC(=O)CCCCCN2C(=O)CC(C)C2=O)cc1. The number of benzene rings is 2. The summed E-state index contributed by atoms with van der Waals surface area (Å²) < 4.78 is 12.2. The Hall–Kier alpha value is -7.35. The largest absolute Gasteiger partial charge is 0.379 e. The van der Waals surface area contributed by atoms with Gasteiger partial charge in [-0.05, 0) is 114 Å². The number of carbonyl (C=O) groups excluding carboxylic acids is 10. The quantitative estimate of drug-likeness (QED) is 0.0259. The van der Waals surface area contributed by atoms with Crippen LogP contribution in [-0.2, 0) is 65.5 Å². The molecule has 5 rings (SSSR count). The van der Waals surface area contributed by atoms with Crippen molar-refractivity contribution in [2.45, 2.75) is 200 Å². The lowest BCUT2D eigenvalue weighted by molar-refractivity contribution is -0.147. The molecule has 12 atom stereocenters. The highest BCUT2D eigenvalue weighted by molar-refractivity contribution is 7.09. The number of amides is 11. The summed E-state index contributed by atoms with van der Waals surface area (Å²) in [5.74, 6) is -3.94. The predicted molar refractivity (Wildman–Crippen MR) is 357 cm³/mol. The maximum Gasteiger partial charge on any atom is 0.312 e. The minimum atomic E-state index is -0.989. The average Bonchev–Trinajstić information content (AvgIpc) is 1.88. The van der Waals surface area contributed by atoms with Crippen molar-refractivity contribution in [2.75, 3.05) is 59.8 Å². The third-order valence-electron chi connectivity index (χ3n) is 18.1. The summed E-state index contributed by atoms with van der Waals surface area (Å²) in [6.07, 6.45) is 6.72. The van der Waals surface area contributed by atoms with Crippen molar-refractivity contribution in [1.82, 2.24) is 51.2 Å². The van der Waals surface area contributed by atoms with Crippen LogP contribution in [0.3, 0.4) is 0 Å². The lowest BCUT2D eigenvalue weighted by Crippen LogP contribution is -2.58. The number of thiazole rings is 1. The lowest BCUT2D eigenvalue weighted by Gasteiger charge is -2.40. The van der Waals surface area contributed by atoms with E-state index in [4.69, 9.17) is 15.2 Å². The van der Waals surface area contributed by atoms with Crippen LogP contribution in [0.15, 0.2) is 66.2 Å². The fourth-order valence-corrected chi connectivity index (χ4v) is 13.3. The predicted octanol–water partition coefficient (Wildman–Crippen LogP) is 5.89. The first-order chi connectivity index (χ1) is 44.3. The minimum absolute atomic E-state index is 0.0252. The van der Waals surface area contributed by atoms with E-state index in [1.807, 2.05) is 94.4 Å². The highest BCUT2D eigenvalue weighted by atomic mass is 32.1. The Bertz CT molecular complexity index is 2920. The maximum absolute atomic E-state index is 14.5. The topological polar surface area (TPSA) is 313 Å². The summed E-state index contributed by atoms with van der Waals surface area (Å²) in [5.41, 5.74) is 7.68. The van der Waals surface area contributed by atoms with E-state index in [9.17, 15) is 47.9 Å². The van der Waals surface area contributed by atoms with Gasteiger partial charge in [-0.2, -0.15) is 0 Å². The number of likely N-dealkylation sites (tertiary alicyclic amines) is 2. The van der Waals surface area contributed by atoms with Crippen LogP contribution in [0.1, 0.15) is 155 Å².